The molecule has 0 amide bonds. The van der Waals surface area contributed by atoms with Crippen LogP contribution in [0.4, 0.5) is 0 Å². The normalized spacial score (nSPS) is 24.0. The third-order valence-electron chi connectivity index (χ3n) is 5.72. The summed E-state index contributed by atoms with van der Waals surface area (Å²) >= 11 is 0. The molecule has 3 nitrogen and oxygen atoms in total. The molecule has 0 aromatic heterocycles. The van der Waals surface area contributed by atoms with Gasteiger partial charge in [0.05, 0.1) is 12.2 Å². The molecular weight excluding hydrogens is 320 g/mol. The predicted molar refractivity (Wildman–Crippen MR) is 104 cm³/mol. The van der Waals surface area contributed by atoms with Crippen LogP contribution < -0.4 is 0 Å². The van der Waals surface area contributed by atoms with E-state index in [4.69, 9.17) is 13.6 Å². The maximum absolute atomic E-state index is 6.68. The zero-order chi connectivity index (χ0) is 18.3. The smallest absolute Gasteiger partial charge is 0.263 e. The van der Waals surface area contributed by atoms with Crippen LogP contribution >= 0.6 is 0 Å². The molecule has 0 fully saturated rings. The molecule has 23 heavy (non-hydrogen) atoms. The van der Waals surface area contributed by atoms with Crippen molar-refractivity contribution in [2.75, 3.05) is 6.61 Å². The van der Waals surface area contributed by atoms with Gasteiger partial charge in [-0.25, -0.2) is 0 Å². The maximum atomic E-state index is 6.68. The standard InChI is InChI=1S/C18H38O3Si2/c1-16(2,3)22(8,9)20-15-14-18(7,12-13-19-15)21-23(10,11)17(4,5)6/h14H,12-13H2,1-11H3. The van der Waals surface area contributed by atoms with E-state index in [-0.39, 0.29) is 15.7 Å². The predicted octanol–water partition coefficient (Wildman–Crippen LogP) is 6.05. The minimum Gasteiger partial charge on any atom is -0.519 e. The quantitative estimate of drug-likeness (QED) is 0.572. The van der Waals surface area contributed by atoms with E-state index in [9.17, 15) is 0 Å². The first-order chi connectivity index (χ1) is 9.99. The minimum atomic E-state index is -1.89. The first kappa shape index (κ1) is 20.8. The first-order valence-electron chi connectivity index (χ1n) is 8.74. The second-order valence-corrected chi connectivity index (χ2v) is 19.5. The van der Waals surface area contributed by atoms with E-state index in [1.807, 2.05) is 0 Å². The minimum absolute atomic E-state index is 0.158. The number of rotatable bonds is 4. The van der Waals surface area contributed by atoms with Gasteiger partial charge in [-0.15, -0.1) is 0 Å². The summed E-state index contributed by atoms with van der Waals surface area (Å²) in [5, 5.41) is 0.355. The zero-order valence-corrected chi connectivity index (χ0v) is 19.2. The van der Waals surface area contributed by atoms with Gasteiger partial charge in [-0.3, -0.25) is 0 Å². The van der Waals surface area contributed by atoms with Crippen LogP contribution in [0, 0.1) is 0 Å². The van der Waals surface area contributed by atoms with Gasteiger partial charge >= 0.3 is 0 Å². The summed E-state index contributed by atoms with van der Waals surface area (Å²) in [6, 6.07) is 0. The van der Waals surface area contributed by atoms with Crippen LogP contribution in [0.5, 0.6) is 0 Å². The molecule has 0 saturated heterocycles. The molecule has 1 aliphatic rings. The number of hydrogen-bond acceptors (Lipinski definition) is 3. The van der Waals surface area contributed by atoms with Crippen LogP contribution in [-0.2, 0) is 13.6 Å². The molecule has 1 aliphatic heterocycles. The molecule has 0 N–H and O–H groups in total. The van der Waals surface area contributed by atoms with E-state index in [0.717, 1.165) is 6.42 Å². The van der Waals surface area contributed by atoms with Crippen molar-refractivity contribution in [1.29, 1.82) is 0 Å². The number of hydrogen-bond donors (Lipinski definition) is 0. The fourth-order valence-corrected chi connectivity index (χ4v) is 4.56. The summed E-state index contributed by atoms with van der Waals surface area (Å²) in [5.74, 6) is 0.670. The van der Waals surface area contributed by atoms with E-state index < -0.39 is 16.6 Å². The lowest BCUT2D eigenvalue weighted by molar-refractivity contribution is 0.0103. The second-order valence-electron chi connectivity index (χ2n) is 10.1. The van der Waals surface area contributed by atoms with Gasteiger partial charge in [0.2, 0.25) is 0 Å². The largest absolute Gasteiger partial charge is 0.519 e. The van der Waals surface area contributed by atoms with Gasteiger partial charge in [-0.1, -0.05) is 41.5 Å². The Morgan fingerprint density at radius 2 is 1.43 bits per heavy atom. The molecule has 5 heteroatoms. The topological polar surface area (TPSA) is 27.7 Å². The molecule has 0 spiro atoms. The molecule has 1 heterocycles. The molecule has 0 saturated carbocycles. The van der Waals surface area contributed by atoms with E-state index in [2.05, 4.69) is 80.7 Å². The molecule has 0 aromatic rings. The van der Waals surface area contributed by atoms with Crippen LogP contribution in [0.2, 0.25) is 36.3 Å². The summed E-state index contributed by atoms with van der Waals surface area (Å²) in [6.07, 6.45) is 2.96. The molecule has 136 valence electrons. The average molecular weight is 359 g/mol. The monoisotopic (exact) mass is 358 g/mol. The Balaban J connectivity index is 2.98. The molecule has 0 aromatic carbocycles. The van der Waals surface area contributed by atoms with E-state index in [1.165, 1.54) is 0 Å². The van der Waals surface area contributed by atoms with Crippen LogP contribution in [-0.4, -0.2) is 28.8 Å². The fourth-order valence-electron chi connectivity index (χ4n) is 2.00. The van der Waals surface area contributed by atoms with Gasteiger partial charge in [0.15, 0.2) is 8.32 Å². The van der Waals surface area contributed by atoms with Gasteiger partial charge in [-0.2, -0.15) is 0 Å². The SMILES string of the molecule is CC1(O[Si](C)(C)C(C)(C)C)C=C(O[Si](C)(C)C(C)(C)C)OCC1. The Morgan fingerprint density at radius 1 is 0.957 bits per heavy atom. The van der Waals surface area contributed by atoms with Gasteiger partial charge in [-0.05, 0) is 43.2 Å². The van der Waals surface area contributed by atoms with Crippen molar-refractivity contribution in [1.82, 2.24) is 0 Å². The summed E-state index contributed by atoms with van der Waals surface area (Å²) in [7, 11) is -3.72. The first-order valence-corrected chi connectivity index (χ1v) is 14.6. The van der Waals surface area contributed by atoms with E-state index in [1.54, 1.807) is 0 Å². The van der Waals surface area contributed by atoms with Crippen LogP contribution in [0.3, 0.4) is 0 Å². The Labute approximate surface area is 146 Å². The van der Waals surface area contributed by atoms with Crippen molar-refractivity contribution in [3.63, 3.8) is 0 Å². The summed E-state index contributed by atoms with van der Waals surface area (Å²) in [5.41, 5.74) is -0.293. The van der Waals surface area contributed by atoms with Crippen molar-refractivity contribution in [3.8, 4) is 0 Å². The highest BCUT2D eigenvalue weighted by atomic mass is 28.4. The second kappa shape index (κ2) is 6.23. The van der Waals surface area contributed by atoms with Crippen molar-refractivity contribution in [2.24, 2.45) is 0 Å². The van der Waals surface area contributed by atoms with Crippen LogP contribution in [0.25, 0.3) is 0 Å². The Bertz CT molecular complexity index is 456. The molecule has 0 bridgehead atoms. The fraction of sp³-hybridized carbons (Fsp3) is 0.889. The van der Waals surface area contributed by atoms with E-state index in [0.29, 0.717) is 12.6 Å². The summed E-state index contributed by atoms with van der Waals surface area (Å²) in [6.45, 7) is 25.5. The maximum Gasteiger partial charge on any atom is 0.263 e. The van der Waals surface area contributed by atoms with Crippen molar-refractivity contribution in [2.45, 2.75) is 96.8 Å². The lowest BCUT2D eigenvalue weighted by Gasteiger charge is -2.45. The molecule has 0 radical (unpaired) electrons. The molecular formula is C18H38O3Si2. The zero-order valence-electron chi connectivity index (χ0n) is 17.2. The lowest BCUT2D eigenvalue weighted by atomic mass is 10.0. The van der Waals surface area contributed by atoms with Crippen LogP contribution in [0.1, 0.15) is 54.9 Å². The van der Waals surface area contributed by atoms with Gasteiger partial charge in [0.1, 0.15) is 0 Å². The Kier molecular flexibility index (Phi) is 5.63. The van der Waals surface area contributed by atoms with Crippen molar-refractivity contribution >= 4 is 16.6 Å². The van der Waals surface area contributed by atoms with E-state index >= 15 is 0 Å². The van der Waals surface area contributed by atoms with Crippen molar-refractivity contribution in [3.05, 3.63) is 12.0 Å². The van der Waals surface area contributed by atoms with Crippen molar-refractivity contribution < 1.29 is 13.6 Å². The highest BCUT2D eigenvalue weighted by Crippen LogP contribution is 2.43. The highest BCUT2D eigenvalue weighted by Gasteiger charge is 2.45. The summed E-state index contributed by atoms with van der Waals surface area (Å²) < 4.78 is 18.8. The highest BCUT2D eigenvalue weighted by molar-refractivity contribution is 6.74. The van der Waals surface area contributed by atoms with Gasteiger partial charge in [0.25, 0.3) is 14.3 Å². The van der Waals surface area contributed by atoms with Crippen LogP contribution in [0.15, 0.2) is 12.0 Å². The Morgan fingerprint density at radius 3 is 1.87 bits per heavy atom. The molecule has 0 aliphatic carbocycles. The molecule has 1 atom stereocenters. The molecule has 1 unspecified atom stereocenters. The lowest BCUT2D eigenvalue weighted by Crippen LogP contribution is -2.49. The third kappa shape index (κ3) is 5.10. The molecule has 1 rings (SSSR count). The van der Waals surface area contributed by atoms with Gasteiger partial charge < -0.3 is 13.6 Å². The summed E-state index contributed by atoms with van der Waals surface area (Å²) in [4.78, 5) is 0. The Hall–Kier alpha value is -0.266. The number of ether oxygens (including phenoxy) is 1. The van der Waals surface area contributed by atoms with Gasteiger partial charge in [0, 0.05) is 12.5 Å². The average Bonchev–Trinajstić information content (AvgIpc) is 2.23. The third-order valence-corrected chi connectivity index (χ3v) is 14.6.